The molecule has 0 spiro atoms. The predicted molar refractivity (Wildman–Crippen MR) is 146 cm³/mol. The predicted octanol–water partition coefficient (Wildman–Crippen LogP) is 7.49. The molecule has 0 bridgehead atoms. The topological polar surface area (TPSA) is 84.2 Å². The molecule has 0 aliphatic heterocycles. The quantitative estimate of drug-likeness (QED) is 0.212. The Kier molecular flexibility index (Phi) is 6.96. The number of nitrogens with one attached hydrogen (secondary N) is 2. The number of H-pyrrole nitrogens is 2. The Balaban J connectivity index is 1.93. The highest BCUT2D eigenvalue weighted by atomic mass is 35.5. The number of benzene rings is 3. The third-order valence-corrected chi connectivity index (χ3v) is 6.86. The molecule has 0 atom stereocenters. The molecule has 5 rings (SSSR count). The lowest BCUT2D eigenvalue weighted by Crippen LogP contribution is -2.16. The van der Waals surface area contributed by atoms with Crippen LogP contribution in [0, 0.1) is 0 Å². The van der Waals surface area contributed by atoms with Crippen LogP contribution in [0.25, 0.3) is 21.8 Å². The fourth-order valence-electron chi connectivity index (χ4n) is 4.85. The van der Waals surface area contributed by atoms with Crippen molar-refractivity contribution in [2.24, 2.45) is 0 Å². The van der Waals surface area contributed by atoms with E-state index >= 15 is 0 Å². The van der Waals surface area contributed by atoms with Crippen LogP contribution in [0.15, 0.2) is 66.7 Å². The molecule has 5 aromatic rings. The van der Waals surface area contributed by atoms with Gasteiger partial charge in [-0.3, -0.25) is 0 Å². The number of hydrogen-bond acceptors (Lipinski definition) is 4. The zero-order chi connectivity index (χ0) is 26.1. The van der Waals surface area contributed by atoms with Gasteiger partial charge < -0.3 is 19.4 Å². The molecule has 2 N–H and O–H groups in total. The van der Waals surface area contributed by atoms with Gasteiger partial charge in [0.2, 0.25) is 0 Å². The molecule has 0 saturated heterocycles. The van der Waals surface area contributed by atoms with E-state index in [2.05, 4.69) is 9.97 Å². The summed E-state index contributed by atoms with van der Waals surface area (Å²) in [7, 11) is 0. The molecular formula is C29H24Cl2N2O4. The van der Waals surface area contributed by atoms with Gasteiger partial charge in [0.25, 0.3) is 0 Å². The van der Waals surface area contributed by atoms with Crippen molar-refractivity contribution in [3.05, 3.63) is 105 Å². The SMILES string of the molecule is CCOC(=O)c1[nH]c2ccccc2c1C(c1ccc(Cl)cc1Cl)c1c(C(=O)OCC)[nH]c2ccccc12. The van der Waals surface area contributed by atoms with Crippen molar-refractivity contribution in [1.82, 2.24) is 9.97 Å². The zero-order valence-corrected chi connectivity index (χ0v) is 21.7. The van der Waals surface area contributed by atoms with Gasteiger partial charge in [-0.25, -0.2) is 9.59 Å². The average Bonchev–Trinajstić information content (AvgIpc) is 3.46. The zero-order valence-electron chi connectivity index (χ0n) is 20.2. The van der Waals surface area contributed by atoms with Crippen LogP contribution < -0.4 is 0 Å². The van der Waals surface area contributed by atoms with E-state index in [0.29, 0.717) is 38.1 Å². The van der Waals surface area contributed by atoms with Gasteiger partial charge >= 0.3 is 11.9 Å². The third-order valence-electron chi connectivity index (χ3n) is 6.30. The van der Waals surface area contributed by atoms with Gasteiger partial charge in [-0.2, -0.15) is 0 Å². The summed E-state index contributed by atoms with van der Waals surface area (Å²) >= 11 is 13.1. The van der Waals surface area contributed by atoms with Crippen molar-refractivity contribution < 1.29 is 19.1 Å². The first-order chi connectivity index (χ1) is 17.9. The van der Waals surface area contributed by atoms with Crippen LogP contribution in [-0.2, 0) is 9.47 Å². The molecule has 3 aromatic carbocycles. The fraction of sp³-hybridized carbons (Fsp3) is 0.172. The summed E-state index contributed by atoms with van der Waals surface area (Å²) < 4.78 is 10.9. The molecule has 6 nitrogen and oxygen atoms in total. The van der Waals surface area contributed by atoms with Gasteiger partial charge in [0.05, 0.1) is 13.2 Å². The average molecular weight is 535 g/mol. The molecule has 0 aliphatic rings. The molecule has 0 amide bonds. The van der Waals surface area contributed by atoms with Crippen molar-refractivity contribution >= 4 is 56.9 Å². The van der Waals surface area contributed by atoms with Gasteiger partial charge in [-0.15, -0.1) is 0 Å². The van der Waals surface area contributed by atoms with Crippen LogP contribution in [0.3, 0.4) is 0 Å². The largest absolute Gasteiger partial charge is 0.461 e. The molecule has 8 heteroatoms. The molecule has 0 fully saturated rings. The number of esters is 2. The number of fused-ring (bicyclic) bond motifs is 2. The Labute approximate surface area is 223 Å². The summed E-state index contributed by atoms with van der Waals surface area (Å²) in [6.45, 7) is 3.93. The third kappa shape index (κ3) is 4.47. The van der Waals surface area contributed by atoms with Crippen molar-refractivity contribution in [3.8, 4) is 0 Å². The van der Waals surface area contributed by atoms with Crippen LogP contribution in [0.5, 0.6) is 0 Å². The molecule has 188 valence electrons. The van der Waals surface area contributed by atoms with E-state index in [9.17, 15) is 9.59 Å². The first-order valence-electron chi connectivity index (χ1n) is 11.9. The van der Waals surface area contributed by atoms with Crippen LogP contribution in [0.1, 0.15) is 57.4 Å². The smallest absolute Gasteiger partial charge is 0.355 e. The van der Waals surface area contributed by atoms with E-state index in [1.165, 1.54) is 0 Å². The summed E-state index contributed by atoms with van der Waals surface area (Å²) in [4.78, 5) is 33.0. The number of carbonyl (C=O) groups excluding carboxylic acids is 2. The Morgan fingerprint density at radius 2 is 1.24 bits per heavy atom. The number of aromatic nitrogens is 2. The summed E-state index contributed by atoms with van der Waals surface area (Å²) in [6.07, 6.45) is 0. The highest BCUT2D eigenvalue weighted by Gasteiger charge is 2.34. The Morgan fingerprint density at radius 3 is 1.70 bits per heavy atom. The van der Waals surface area contributed by atoms with Crippen molar-refractivity contribution in [2.45, 2.75) is 19.8 Å². The highest BCUT2D eigenvalue weighted by Crippen LogP contribution is 2.45. The first kappa shape index (κ1) is 24.9. The van der Waals surface area contributed by atoms with E-state index in [-0.39, 0.29) is 13.2 Å². The van der Waals surface area contributed by atoms with Gasteiger partial charge in [0, 0.05) is 48.9 Å². The maximum absolute atomic E-state index is 13.3. The van der Waals surface area contributed by atoms with Gasteiger partial charge in [-0.1, -0.05) is 65.7 Å². The second kappa shape index (κ2) is 10.3. The van der Waals surface area contributed by atoms with Crippen molar-refractivity contribution in [1.29, 1.82) is 0 Å². The normalized spacial score (nSPS) is 11.4. The molecule has 37 heavy (non-hydrogen) atoms. The van der Waals surface area contributed by atoms with E-state index < -0.39 is 17.9 Å². The molecule has 0 aliphatic carbocycles. The van der Waals surface area contributed by atoms with Crippen molar-refractivity contribution in [3.63, 3.8) is 0 Å². The van der Waals surface area contributed by atoms with Gasteiger partial charge in [-0.05, 0) is 43.7 Å². The lowest BCUT2D eigenvalue weighted by Gasteiger charge is -2.22. The summed E-state index contributed by atoms with van der Waals surface area (Å²) in [5.41, 5.74) is 4.07. The maximum Gasteiger partial charge on any atom is 0.355 e. The minimum atomic E-state index is -0.643. The Hall–Kier alpha value is -3.74. The summed E-state index contributed by atoms with van der Waals surface area (Å²) in [5.74, 6) is -1.64. The summed E-state index contributed by atoms with van der Waals surface area (Å²) in [5, 5.41) is 2.49. The molecular weight excluding hydrogens is 511 g/mol. The van der Waals surface area contributed by atoms with E-state index in [4.69, 9.17) is 32.7 Å². The number of rotatable bonds is 7. The van der Waals surface area contributed by atoms with E-state index in [1.54, 1.807) is 26.0 Å². The lowest BCUT2D eigenvalue weighted by atomic mass is 9.81. The lowest BCUT2D eigenvalue weighted by molar-refractivity contribution is 0.0511. The van der Waals surface area contributed by atoms with Crippen molar-refractivity contribution in [2.75, 3.05) is 13.2 Å². The summed E-state index contributed by atoms with van der Waals surface area (Å²) in [6, 6.07) is 20.4. The number of para-hydroxylation sites is 2. The standard InChI is InChI=1S/C29H24Cl2N2O4/c1-3-36-28(34)26-24(18-9-5-7-11-21(18)32-26)23(17-14-13-16(30)15-20(17)31)25-19-10-6-8-12-22(19)33-27(25)29(35)37-4-2/h5-15,23,32-33H,3-4H2,1-2H3. The van der Waals surface area contributed by atoms with Gasteiger partial charge in [0.15, 0.2) is 0 Å². The molecule has 0 radical (unpaired) electrons. The minimum Gasteiger partial charge on any atom is -0.461 e. The van der Waals surface area contributed by atoms with Crippen LogP contribution >= 0.6 is 23.2 Å². The second-order valence-corrected chi connectivity index (χ2v) is 9.30. The number of ether oxygens (including phenoxy) is 2. The van der Waals surface area contributed by atoms with Crippen LogP contribution in [0.4, 0.5) is 0 Å². The molecule has 0 saturated carbocycles. The molecule has 2 heterocycles. The van der Waals surface area contributed by atoms with E-state index in [0.717, 1.165) is 21.8 Å². The van der Waals surface area contributed by atoms with E-state index in [1.807, 2.05) is 54.6 Å². The Bertz CT molecular complexity index is 1540. The fourth-order valence-corrected chi connectivity index (χ4v) is 5.36. The number of hydrogen-bond donors (Lipinski definition) is 2. The van der Waals surface area contributed by atoms with Crippen LogP contribution in [0.2, 0.25) is 10.0 Å². The maximum atomic E-state index is 13.3. The molecule has 2 aromatic heterocycles. The Morgan fingerprint density at radius 1 is 0.757 bits per heavy atom. The number of halogens is 2. The number of aromatic amines is 2. The minimum absolute atomic E-state index is 0.209. The monoisotopic (exact) mass is 534 g/mol. The molecule has 0 unspecified atom stereocenters. The first-order valence-corrected chi connectivity index (χ1v) is 12.7. The van der Waals surface area contributed by atoms with Gasteiger partial charge in [0.1, 0.15) is 11.4 Å². The van der Waals surface area contributed by atoms with Crippen LogP contribution in [-0.4, -0.2) is 35.1 Å². The highest BCUT2D eigenvalue weighted by molar-refractivity contribution is 6.35. The number of carbonyl (C=O) groups is 2. The second-order valence-electron chi connectivity index (χ2n) is 8.46.